The highest BCUT2D eigenvalue weighted by Crippen LogP contribution is 2.41. The number of benzene rings is 2. The summed E-state index contributed by atoms with van der Waals surface area (Å²) in [5.41, 5.74) is 10.7. The Morgan fingerprint density at radius 3 is 2.18 bits per heavy atom. The Labute approximate surface area is 133 Å². The van der Waals surface area contributed by atoms with Crippen molar-refractivity contribution < 1.29 is 0 Å². The van der Waals surface area contributed by atoms with E-state index in [2.05, 4.69) is 42.7 Å². The van der Waals surface area contributed by atoms with Gasteiger partial charge in [-0.05, 0) is 85.3 Å². The molecule has 0 bridgehead atoms. The van der Waals surface area contributed by atoms with Gasteiger partial charge in [-0.2, -0.15) is 0 Å². The van der Waals surface area contributed by atoms with Gasteiger partial charge >= 0.3 is 0 Å². The van der Waals surface area contributed by atoms with E-state index in [1.807, 2.05) is 0 Å². The topological polar surface area (TPSA) is 12.0 Å². The zero-order valence-corrected chi connectivity index (χ0v) is 13.5. The monoisotopic (exact) mass is 291 g/mol. The van der Waals surface area contributed by atoms with Crippen molar-refractivity contribution >= 4 is 5.69 Å². The van der Waals surface area contributed by atoms with Crippen LogP contribution in [-0.2, 0) is 25.7 Å². The van der Waals surface area contributed by atoms with Crippen LogP contribution in [0.25, 0.3) is 11.1 Å². The highest BCUT2D eigenvalue weighted by atomic mass is 14.8. The number of hydrogen-bond donors (Lipinski definition) is 1. The van der Waals surface area contributed by atoms with Gasteiger partial charge in [-0.1, -0.05) is 24.3 Å². The minimum atomic E-state index is 1.24. The average molecular weight is 291 g/mol. The molecule has 0 atom stereocenters. The first kappa shape index (κ1) is 13.9. The minimum Gasteiger partial charge on any atom is -0.388 e. The quantitative estimate of drug-likeness (QED) is 0.806. The lowest BCUT2D eigenvalue weighted by Crippen LogP contribution is -2.10. The van der Waals surface area contributed by atoms with E-state index in [0.29, 0.717) is 0 Å². The summed E-state index contributed by atoms with van der Waals surface area (Å²) in [7, 11) is 2.06. The Bertz CT molecular complexity index is 699. The second-order valence-electron chi connectivity index (χ2n) is 6.73. The predicted octanol–water partition coefficient (Wildman–Crippen LogP) is 5.15. The third-order valence-corrected chi connectivity index (χ3v) is 5.47. The van der Waals surface area contributed by atoms with E-state index < -0.39 is 0 Å². The fraction of sp³-hybridized carbons (Fsp3) is 0.429. The van der Waals surface area contributed by atoms with E-state index in [1.54, 1.807) is 22.3 Å². The van der Waals surface area contributed by atoms with Crippen LogP contribution in [0.4, 0.5) is 5.69 Å². The van der Waals surface area contributed by atoms with E-state index in [9.17, 15) is 0 Å². The highest BCUT2D eigenvalue weighted by Gasteiger charge is 2.21. The second kappa shape index (κ2) is 5.79. The van der Waals surface area contributed by atoms with Gasteiger partial charge in [-0.15, -0.1) is 0 Å². The van der Waals surface area contributed by atoms with Gasteiger partial charge < -0.3 is 5.32 Å². The van der Waals surface area contributed by atoms with Gasteiger partial charge in [0.2, 0.25) is 0 Å². The van der Waals surface area contributed by atoms with Crippen LogP contribution in [0.2, 0.25) is 0 Å². The molecule has 2 aliphatic carbocycles. The first-order valence-electron chi connectivity index (χ1n) is 8.82. The summed E-state index contributed by atoms with van der Waals surface area (Å²) in [6.07, 6.45) is 10.4. The molecule has 114 valence electrons. The average Bonchev–Trinajstić information content (AvgIpc) is 2.60. The molecule has 0 aliphatic heterocycles. The van der Waals surface area contributed by atoms with Crippen LogP contribution in [0.5, 0.6) is 0 Å². The standard InChI is InChI=1S/C21H25N/c1-22-20-14-13-16-8-3-5-11-18(16)21(20)19-12-6-9-15-7-2-4-10-17(15)19/h6,9,12-14,22H,2-5,7-8,10-11H2,1H3. The molecule has 0 saturated carbocycles. The van der Waals surface area contributed by atoms with Crippen molar-refractivity contribution in [2.24, 2.45) is 0 Å². The van der Waals surface area contributed by atoms with Crippen molar-refractivity contribution in [1.29, 1.82) is 0 Å². The largest absolute Gasteiger partial charge is 0.388 e. The molecular weight excluding hydrogens is 266 g/mol. The van der Waals surface area contributed by atoms with Crippen LogP contribution in [-0.4, -0.2) is 7.05 Å². The van der Waals surface area contributed by atoms with Crippen molar-refractivity contribution in [1.82, 2.24) is 0 Å². The van der Waals surface area contributed by atoms with Crippen LogP contribution >= 0.6 is 0 Å². The molecule has 0 unspecified atom stereocenters. The maximum absolute atomic E-state index is 3.45. The van der Waals surface area contributed by atoms with Crippen molar-refractivity contribution in [2.45, 2.75) is 51.4 Å². The maximum Gasteiger partial charge on any atom is 0.0420 e. The smallest absolute Gasteiger partial charge is 0.0420 e. The molecular formula is C21H25N. The van der Waals surface area contributed by atoms with Gasteiger partial charge in [0.25, 0.3) is 0 Å². The summed E-state index contributed by atoms with van der Waals surface area (Å²) in [5, 5.41) is 3.45. The number of nitrogens with one attached hydrogen (secondary N) is 1. The fourth-order valence-corrected chi connectivity index (χ4v) is 4.36. The van der Waals surface area contributed by atoms with Crippen LogP contribution in [0.1, 0.15) is 47.9 Å². The van der Waals surface area contributed by atoms with Crippen LogP contribution in [0.15, 0.2) is 30.3 Å². The predicted molar refractivity (Wildman–Crippen MR) is 94.7 cm³/mol. The lowest BCUT2D eigenvalue weighted by atomic mass is 9.80. The van der Waals surface area contributed by atoms with Crippen LogP contribution in [0, 0.1) is 0 Å². The Morgan fingerprint density at radius 2 is 1.41 bits per heavy atom. The third kappa shape index (κ3) is 2.24. The number of fused-ring (bicyclic) bond motifs is 2. The molecule has 2 aliphatic rings. The molecule has 0 heterocycles. The normalized spacial score (nSPS) is 16.8. The third-order valence-electron chi connectivity index (χ3n) is 5.47. The van der Waals surface area contributed by atoms with Gasteiger partial charge in [0.05, 0.1) is 0 Å². The first-order valence-corrected chi connectivity index (χ1v) is 8.82. The second-order valence-corrected chi connectivity index (χ2v) is 6.73. The van der Waals surface area contributed by atoms with E-state index >= 15 is 0 Å². The number of rotatable bonds is 2. The molecule has 4 rings (SSSR count). The molecule has 1 N–H and O–H groups in total. The number of hydrogen-bond acceptors (Lipinski definition) is 1. The minimum absolute atomic E-state index is 1.24. The molecule has 1 nitrogen and oxygen atoms in total. The van der Waals surface area contributed by atoms with Crippen molar-refractivity contribution in [3.05, 3.63) is 52.6 Å². The highest BCUT2D eigenvalue weighted by molar-refractivity contribution is 5.84. The van der Waals surface area contributed by atoms with Crippen LogP contribution < -0.4 is 5.32 Å². The van der Waals surface area contributed by atoms with E-state index in [4.69, 9.17) is 0 Å². The Balaban J connectivity index is 1.96. The summed E-state index contributed by atoms with van der Waals surface area (Å²) in [5.74, 6) is 0. The SMILES string of the molecule is CNc1ccc2c(c1-c1cccc3c1CCCC3)CCCC2. The Kier molecular flexibility index (Phi) is 3.65. The molecule has 0 fully saturated rings. The summed E-state index contributed by atoms with van der Waals surface area (Å²) in [4.78, 5) is 0. The molecule has 0 aromatic heterocycles. The molecule has 22 heavy (non-hydrogen) atoms. The Hall–Kier alpha value is -1.76. The van der Waals surface area contributed by atoms with Crippen LogP contribution in [0.3, 0.4) is 0 Å². The molecule has 0 saturated heterocycles. The molecule has 2 aromatic carbocycles. The molecule has 2 aromatic rings. The zero-order valence-electron chi connectivity index (χ0n) is 13.5. The van der Waals surface area contributed by atoms with Gasteiger partial charge in [0.15, 0.2) is 0 Å². The summed E-state index contributed by atoms with van der Waals surface area (Å²) < 4.78 is 0. The van der Waals surface area contributed by atoms with Gasteiger partial charge in [-0.3, -0.25) is 0 Å². The number of aryl methyl sites for hydroxylation is 2. The van der Waals surface area contributed by atoms with Gasteiger partial charge in [0, 0.05) is 18.3 Å². The van der Waals surface area contributed by atoms with Gasteiger partial charge in [0.1, 0.15) is 0 Å². The fourth-order valence-electron chi connectivity index (χ4n) is 4.36. The van der Waals surface area contributed by atoms with Crippen molar-refractivity contribution in [3.8, 4) is 11.1 Å². The molecule has 0 radical (unpaired) electrons. The number of anilines is 1. The molecule has 0 amide bonds. The van der Waals surface area contributed by atoms with E-state index in [1.165, 1.54) is 68.2 Å². The van der Waals surface area contributed by atoms with Crippen molar-refractivity contribution in [3.63, 3.8) is 0 Å². The summed E-state index contributed by atoms with van der Waals surface area (Å²) in [6, 6.07) is 11.6. The first-order chi connectivity index (χ1) is 10.9. The van der Waals surface area contributed by atoms with Crippen molar-refractivity contribution in [2.75, 3.05) is 12.4 Å². The lowest BCUT2D eigenvalue weighted by Gasteiger charge is -2.26. The van der Waals surface area contributed by atoms with E-state index in [-0.39, 0.29) is 0 Å². The molecule has 1 heteroatoms. The lowest BCUT2D eigenvalue weighted by molar-refractivity contribution is 0.682. The van der Waals surface area contributed by atoms with Gasteiger partial charge in [-0.25, -0.2) is 0 Å². The zero-order chi connectivity index (χ0) is 14.9. The van der Waals surface area contributed by atoms with E-state index in [0.717, 1.165) is 0 Å². The maximum atomic E-state index is 3.45. The summed E-state index contributed by atoms with van der Waals surface area (Å²) in [6.45, 7) is 0. The molecule has 0 spiro atoms. The summed E-state index contributed by atoms with van der Waals surface area (Å²) >= 11 is 0. The Morgan fingerprint density at radius 1 is 0.727 bits per heavy atom.